The fourth-order valence-corrected chi connectivity index (χ4v) is 4.29. The number of carbonyl (C=O) groups is 1. The third-order valence-electron chi connectivity index (χ3n) is 6.61. The van der Waals surface area contributed by atoms with E-state index in [9.17, 15) is 15.2 Å². The molecule has 4 rings (SSSR count). The van der Waals surface area contributed by atoms with E-state index in [0.29, 0.717) is 12.4 Å². The number of benzene rings is 2. The van der Waals surface area contributed by atoms with E-state index in [1.54, 1.807) is 11.4 Å². The number of nitrogens with zero attached hydrogens (tertiary/aromatic N) is 4. The van der Waals surface area contributed by atoms with Gasteiger partial charge in [0.25, 0.3) is 0 Å². The summed E-state index contributed by atoms with van der Waals surface area (Å²) >= 11 is 0. The molecule has 1 atom stereocenters. The monoisotopic (exact) mass is 520 g/mol. The number of pyridine rings is 1. The topological polar surface area (TPSA) is 101 Å². The van der Waals surface area contributed by atoms with Crippen LogP contribution in [0.3, 0.4) is 0 Å². The Morgan fingerprint density at radius 2 is 1.82 bits per heavy atom. The average Bonchev–Trinajstić information content (AvgIpc) is 3.36. The largest absolute Gasteiger partial charge is 0.489 e. The van der Waals surface area contributed by atoms with Crippen molar-refractivity contribution in [1.82, 2.24) is 14.6 Å². The van der Waals surface area contributed by atoms with Crippen LogP contribution in [0.25, 0.3) is 16.8 Å². The van der Waals surface area contributed by atoms with Gasteiger partial charge in [-0.05, 0) is 55.7 Å². The van der Waals surface area contributed by atoms with Crippen molar-refractivity contribution in [3.8, 4) is 34.8 Å². The summed E-state index contributed by atoms with van der Waals surface area (Å²) in [5, 5.41) is 23.4. The van der Waals surface area contributed by atoms with Crippen LogP contribution in [-0.4, -0.2) is 25.7 Å². The van der Waals surface area contributed by atoms with Gasteiger partial charge < -0.3 is 9.84 Å². The molecule has 0 spiro atoms. The summed E-state index contributed by atoms with van der Waals surface area (Å²) in [4.78, 5) is 16.0. The summed E-state index contributed by atoms with van der Waals surface area (Å²) in [6.45, 7) is 9.95. The van der Waals surface area contributed by atoms with E-state index in [1.807, 2.05) is 68.6 Å². The second-order valence-electron chi connectivity index (χ2n) is 10.4. The van der Waals surface area contributed by atoms with Gasteiger partial charge in [0.2, 0.25) is 0 Å². The second-order valence-corrected chi connectivity index (χ2v) is 10.4. The molecule has 7 heteroatoms. The Hall–Kier alpha value is -4.62. The van der Waals surface area contributed by atoms with Crippen molar-refractivity contribution in [3.63, 3.8) is 0 Å². The third kappa shape index (κ3) is 6.27. The van der Waals surface area contributed by atoms with Gasteiger partial charge in [-0.3, -0.25) is 4.79 Å². The Morgan fingerprint density at radius 1 is 1.13 bits per heavy atom. The Labute approximate surface area is 229 Å². The van der Waals surface area contributed by atoms with E-state index < -0.39 is 11.4 Å². The van der Waals surface area contributed by atoms with Crippen LogP contribution in [0.2, 0.25) is 0 Å². The molecule has 0 amide bonds. The normalized spacial score (nSPS) is 12.0. The van der Waals surface area contributed by atoms with Gasteiger partial charge in [-0.1, -0.05) is 56.2 Å². The van der Waals surface area contributed by atoms with E-state index in [1.165, 1.54) is 0 Å². The van der Waals surface area contributed by atoms with E-state index in [2.05, 4.69) is 37.8 Å². The summed E-state index contributed by atoms with van der Waals surface area (Å²) in [6.07, 6.45) is 1.88. The van der Waals surface area contributed by atoms with Gasteiger partial charge in [-0.2, -0.15) is 10.4 Å². The maximum Gasteiger partial charge on any atom is 0.304 e. The van der Waals surface area contributed by atoms with Gasteiger partial charge in [-0.15, -0.1) is 5.92 Å². The minimum absolute atomic E-state index is 0.0465. The van der Waals surface area contributed by atoms with E-state index >= 15 is 0 Å². The van der Waals surface area contributed by atoms with E-state index in [-0.39, 0.29) is 18.3 Å². The molecule has 1 N–H and O–H groups in total. The maximum atomic E-state index is 11.2. The van der Waals surface area contributed by atoms with Crippen molar-refractivity contribution in [2.75, 3.05) is 0 Å². The average molecular weight is 521 g/mol. The van der Waals surface area contributed by atoms with Crippen molar-refractivity contribution < 1.29 is 14.6 Å². The SMILES string of the molecule is CC#CC(CC(=O)O)c1ccc(OCc2cc(-c3ccc(C(C)(C)C#N)cc3)c3nc(C(C)C)nn3c2)cc1. The van der Waals surface area contributed by atoms with Crippen LogP contribution in [0.15, 0.2) is 60.8 Å². The van der Waals surface area contributed by atoms with Gasteiger partial charge in [0.1, 0.15) is 12.4 Å². The van der Waals surface area contributed by atoms with Gasteiger partial charge in [0.15, 0.2) is 11.5 Å². The second kappa shape index (κ2) is 11.4. The summed E-state index contributed by atoms with van der Waals surface area (Å²) in [6, 6.07) is 19.8. The van der Waals surface area contributed by atoms with Crippen molar-refractivity contribution in [3.05, 3.63) is 83.3 Å². The number of hydrogen-bond donors (Lipinski definition) is 1. The molecule has 2 heterocycles. The Bertz CT molecular complexity index is 1580. The summed E-state index contributed by atoms with van der Waals surface area (Å²) in [5.74, 6) is 6.15. The predicted molar refractivity (Wildman–Crippen MR) is 150 cm³/mol. The van der Waals surface area contributed by atoms with Crippen molar-refractivity contribution in [2.24, 2.45) is 0 Å². The lowest BCUT2D eigenvalue weighted by Crippen LogP contribution is -2.13. The highest BCUT2D eigenvalue weighted by Crippen LogP contribution is 2.30. The minimum Gasteiger partial charge on any atom is -0.489 e. The van der Waals surface area contributed by atoms with Crippen LogP contribution in [0.5, 0.6) is 5.75 Å². The van der Waals surface area contributed by atoms with Gasteiger partial charge in [0.05, 0.1) is 23.8 Å². The lowest BCUT2D eigenvalue weighted by Gasteiger charge is -2.16. The van der Waals surface area contributed by atoms with Crippen molar-refractivity contribution in [1.29, 1.82) is 5.26 Å². The zero-order valence-corrected chi connectivity index (χ0v) is 22.9. The highest BCUT2D eigenvalue weighted by atomic mass is 16.5. The number of carboxylic acids is 1. The molecule has 1 unspecified atom stereocenters. The Morgan fingerprint density at radius 3 is 2.41 bits per heavy atom. The maximum absolute atomic E-state index is 11.2. The highest BCUT2D eigenvalue weighted by molar-refractivity contribution is 5.78. The van der Waals surface area contributed by atoms with Gasteiger partial charge >= 0.3 is 5.97 Å². The molecule has 2 aromatic heterocycles. The summed E-state index contributed by atoms with van der Waals surface area (Å²) in [5.41, 5.74) is 4.82. The molecule has 4 aromatic rings. The first-order chi connectivity index (χ1) is 18.6. The predicted octanol–water partition coefficient (Wildman–Crippen LogP) is 6.48. The van der Waals surface area contributed by atoms with Crippen LogP contribution in [0.4, 0.5) is 0 Å². The van der Waals surface area contributed by atoms with E-state index in [4.69, 9.17) is 14.8 Å². The molecular formula is C32H32N4O3. The molecule has 0 aliphatic heterocycles. The smallest absolute Gasteiger partial charge is 0.304 e. The fraction of sp³-hybridized carbons (Fsp3) is 0.312. The molecule has 0 radical (unpaired) electrons. The molecular weight excluding hydrogens is 488 g/mol. The first kappa shape index (κ1) is 27.4. The number of carboxylic acid groups (broad SMARTS) is 1. The van der Waals surface area contributed by atoms with Crippen LogP contribution in [0.1, 0.15) is 75.4 Å². The van der Waals surface area contributed by atoms with Crippen LogP contribution < -0.4 is 4.74 Å². The molecule has 198 valence electrons. The standard InChI is InChI=1S/C32H32N4O3/c1-6-7-25(17-29(37)38)23-10-14-27(15-11-23)39-19-22-16-28(31-34-30(21(2)3)35-36(31)18-22)24-8-12-26(13-9-24)32(4,5)20-33/h8-16,18,21,25H,17,19H2,1-5H3,(H,37,38). The quantitative estimate of drug-likeness (QED) is 0.254. The van der Waals surface area contributed by atoms with Gasteiger partial charge in [-0.25, -0.2) is 9.50 Å². The number of hydrogen-bond acceptors (Lipinski definition) is 5. The number of nitriles is 1. The third-order valence-corrected chi connectivity index (χ3v) is 6.61. The van der Waals surface area contributed by atoms with Crippen LogP contribution in [0, 0.1) is 23.2 Å². The lowest BCUT2D eigenvalue weighted by molar-refractivity contribution is -0.137. The van der Waals surface area contributed by atoms with Crippen LogP contribution >= 0.6 is 0 Å². The van der Waals surface area contributed by atoms with Crippen molar-refractivity contribution in [2.45, 2.75) is 64.9 Å². The molecule has 0 aliphatic carbocycles. The summed E-state index contributed by atoms with van der Waals surface area (Å²) < 4.78 is 7.90. The first-order valence-electron chi connectivity index (χ1n) is 12.9. The van der Waals surface area contributed by atoms with E-state index in [0.717, 1.165) is 39.3 Å². The minimum atomic E-state index is -0.883. The zero-order valence-electron chi connectivity index (χ0n) is 22.9. The highest BCUT2D eigenvalue weighted by Gasteiger charge is 2.20. The molecule has 7 nitrogen and oxygen atoms in total. The first-order valence-corrected chi connectivity index (χ1v) is 12.9. The van der Waals surface area contributed by atoms with Gasteiger partial charge in [0, 0.05) is 23.2 Å². The summed E-state index contributed by atoms with van der Waals surface area (Å²) in [7, 11) is 0. The lowest BCUT2D eigenvalue weighted by atomic mass is 9.85. The number of aliphatic carboxylic acids is 1. The van der Waals surface area contributed by atoms with Crippen molar-refractivity contribution >= 4 is 11.6 Å². The fourth-order valence-electron chi connectivity index (χ4n) is 4.29. The Balaban J connectivity index is 1.63. The number of fused-ring (bicyclic) bond motifs is 1. The molecule has 0 bridgehead atoms. The molecule has 2 aromatic carbocycles. The van der Waals surface area contributed by atoms with Crippen LogP contribution in [-0.2, 0) is 16.8 Å². The number of ether oxygens (including phenoxy) is 1. The molecule has 39 heavy (non-hydrogen) atoms. The molecule has 0 saturated carbocycles. The molecule has 0 aliphatic rings. The zero-order chi connectivity index (χ0) is 28.2. The Kier molecular flexibility index (Phi) is 8.02. The molecule has 0 fully saturated rings. The molecule has 0 saturated heterocycles. The number of aromatic nitrogens is 3. The number of rotatable bonds is 9.